The van der Waals surface area contributed by atoms with Crippen molar-refractivity contribution in [2.24, 2.45) is 5.92 Å². The molecule has 158 valence electrons. The van der Waals surface area contributed by atoms with Crippen molar-refractivity contribution in [3.8, 4) is 0 Å². The predicted molar refractivity (Wildman–Crippen MR) is 121 cm³/mol. The Kier molecular flexibility index (Phi) is 4.31. The molecule has 8 nitrogen and oxygen atoms in total. The van der Waals surface area contributed by atoms with Crippen LogP contribution in [0.25, 0.3) is 21.1 Å². The normalized spacial score (nSPS) is 18.6. The lowest BCUT2D eigenvalue weighted by atomic mass is 9.88. The maximum atomic E-state index is 11.5. The van der Waals surface area contributed by atoms with Crippen LogP contribution in [0.3, 0.4) is 0 Å². The summed E-state index contributed by atoms with van der Waals surface area (Å²) in [4.78, 5) is 25.0. The van der Waals surface area contributed by atoms with Crippen molar-refractivity contribution in [3.05, 3.63) is 35.1 Å². The molecule has 3 aromatic heterocycles. The first kappa shape index (κ1) is 18.6. The summed E-state index contributed by atoms with van der Waals surface area (Å²) < 4.78 is 0. The second-order valence-electron chi connectivity index (χ2n) is 8.33. The Morgan fingerprint density at radius 3 is 2.97 bits per heavy atom. The minimum absolute atomic E-state index is 0.310. The van der Waals surface area contributed by atoms with Gasteiger partial charge in [0, 0.05) is 23.4 Å². The molecule has 4 heterocycles. The molecular formula is C22H22N6O2S. The molecule has 31 heavy (non-hydrogen) atoms. The topological polar surface area (TPSA) is 107 Å². The number of aliphatic carboxylic acids is 1. The van der Waals surface area contributed by atoms with Gasteiger partial charge in [-0.2, -0.15) is 5.10 Å². The number of carbonyl (C=O) groups is 1. The minimum Gasteiger partial charge on any atom is -0.481 e. The molecule has 1 aliphatic heterocycles. The molecule has 1 unspecified atom stereocenters. The van der Waals surface area contributed by atoms with Crippen molar-refractivity contribution in [2.45, 2.75) is 32.1 Å². The van der Waals surface area contributed by atoms with E-state index < -0.39 is 5.97 Å². The van der Waals surface area contributed by atoms with Crippen LogP contribution in [0.4, 0.5) is 17.2 Å². The first-order valence-corrected chi connectivity index (χ1v) is 11.5. The molecule has 1 atom stereocenters. The number of hydrogen-bond acceptors (Lipinski definition) is 7. The lowest BCUT2D eigenvalue weighted by molar-refractivity contribution is -0.142. The third-order valence-corrected chi connectivity index (χ3v) is 7.61. The van der Waals surface area contributed by atoms with E-state index in [2.05, 4.69) is 42.5 Å². The molecule has 1 aliphatic carbocycles. The maximum Gasteiger partial charge on any atom is 0.306 e. The molecule has 9 heteroatoms. The van der Waals surface area contributed by atoms with Crippen LogP contribution in [-0.4, -0.2) is 44.3 Å². The van der Waals surface area contributed by atoms with Crippen LogP contribution in [0.1, 0.15) is 29.7 Å². The van der Waals surface area contributed by atoms with Gasteiger partial charge >= 0.3 is 5.97 Å². The number of rotatable bonds is 4. The number of aromatic amines is 1. The fourth-order valence-corrected chi connectivity index (χ4v) is 6.11. The van der Waals surface area contributed by atoms with Crippen LogP contribution in [0.5, 0.6) is 0 Å². The number of nitrogens with one attached hydrogen (secondary N) is 2. The quantitative estimate of drug-likeness (QED) is 0.444. The number of benzene rings is 1. The van der Waals surface area contributed by atoms with Crippen molar-refractivity contribution in [1.82, 2.24) is 20.2 Å². The van der Waals surface area contributed by atoms with E-state index in [1.54, 1.807) is 17.7 Å². The van der Waals surface area contributed by atoms with Crippen LogP contribution >= 0.6 is 11.3 Å². The van der Waals surface area contributed by atoms with Crippen LogP contribution in [0, 0.1) is 5.92 Å². The Labute approximate surface area is 182 Å². The molecule has 2 aliphatic rings. The molecule has 0 amide bonds. The summed E-state index contributed by atoms with van der Waals surface area (Å²) in [6, 6.07) is 4.29. The monoisotopic (exact) mass is 434 g/mol. The summed E-state index contributed by atoms with van der Waals surface area (Å²) in [6.45, 7) is 2.08. The number of thiophene rings is 1. The summed E-state index contributed by atoms with van der Waals surface area (Å²) in [6.07, 6.45) is 7.79. The zero-order valence-electron chi connectivity index (χ0n) is 16.9. The van der Waals surface area contributed by atoms with E-state index in [9.17, 15) is 9.90 Å². The van der Waals surface area contributed by atoms with Crippen molar-refractivity contribution in [1.29, 1.82) is 0 Å². The second kappa shape index (κ2) is 7.19. The molecule has 3 N–H and O–H groups in total. The van der Waals surface area contributed by atoms with Gasteiger partial charge in [0.05, 0.1) is 34.4 Å². The number of aromatic nitrogens is 4. The Morgan fingerprint density at radius 2 is 2.13 bits per heavy atom. The highest BCUT2D eigenvalue weighted by molar-refractivity contribution is 7.19. The van der Waals surface area contributed by atoms with Gasteiger partial charge in [-0.25, -0.2) is 9.97 Å². The Hall–Kier alpha value is -3.20. The number of aryl methyl sites for hydroxylation is 1. The minimum atomic E-state index is -0.712. The van der Waals surface area contributed by atoms with E-state index in [0.29, 0.717) is 12.8 Å². The summed E-state index contributed by atoms with van der Waals surface area (Å²) in [5.74, 6) is -0.231. The van der Waals surface area contributed by atoms with Crippen molar-refractivity contribution >= 4 is 55.6 Å². The largest absolute Gasteiger partial charge is 0.481 e. The van der Waals surface area contributed by atoms with E-state index in [1.165, 1.54) is 18.4 Å². The number of fused-ring (bicyclic) bond motifs is 4. The highest BCUT2D eigenvalue weighted by atomic mass is 32.1. The molecular weight excluding hydrogens is 412 g/mol. The van der Waals surface area contributed by atoms with Gasteiger partial charge in [-0.3, -0.25) is 9.89 Å². The van der Waals surface area contributed by atoms with Gasteiger partial charge in [-0.1, -0.05) is 0 Å². The van der Waals surface area contributed by atoms with Crippen LogP contribution in [0.15, 0.2) is 24.7 Å². The average Bonchev–Trinajstić information content (AvgIpc) is 3.51. The molecule has 1 fully saturated rings. The first-order chi connectivity index (χ1) is 15.2. The van der Waals surface area contributed by atoms with Gasteiger partial charge in [0.15, 0.2) is 0 Å². The smallest absolute Gasteiger partial charge is 0.306 e. The summed E-state index contributed by atoms with van der Waals surface area (Å²) >= 11 is 1.60. The number of hydrogen-bond donors (Lipinski definition) is 3. The molecule has 0 saturated carbocycles. The summed E-state index contributed by atoms with van der Waals surface area (Å²) in [5.41, 5.74) is 4.38. The van der Waals surface area contributed by atoms with E-state index in [1.807, 2.05) is 6.20 Å². The average molecular weight is 435 g/mol. The summed E-state index contributed by atoms with van der Waals surface area (Å²) in [5, 5.41) is 22.4. The molecule has 0 bridgehead atoms. The highest BCUT2D eigenvalue weighted by Gasteiger charge is 2.29. The lowest BCUT2D eigenvalue weighted by Gasteiger charge is -2.22. The van der Waals surface area contributed by atoms with Crippen molar-refractivity contribution < 1.29 is 9.90 Å². The summed E-state index contributed by atoms with van der Waals surface area (Å²) in [7, 11) is 0. The number of nitrogens with zero attached hydrogens (tertiary/aromatic N) is 4. The molecule has 6 rings (SSSR count). The zero-order chi connectivity index (χ0) is 20.9. The van der Waals surface area contributed by atoms with Crippen LogP contribution in [0.2, 0.25) is 0 Å². The van der Waals surface area contributed by atoms with Gasteiger partial charge in [0.25, 0.3) is 0 Å². The molecule has 1 aromatic carbocycles. The van der Waals surface area contributed by atoms with E-state index in [0.717, 1.165) is 62.7 Å². The highest BCUT2D eigenvalue weighted by Crippen LogP contribution is 2.42. The lowest BCUT2D eigenvalue weighted by Crippen LogP contribution is -2.21. The zero-order valence-corrected chi connectivity index (χ0v) is 17.7. The molecule has 1 saturated heterocycles. The van der Waals surface area contributed by atoms with E-state index in [-0.39, 0.29) is 5.92 Å². The third kappa shape index (κ3) is 3.11. The predicted octanol–water partition coefficient (Wildman–Crippen LogP) is 4.10. The standard InChI is InChI=1S/C22H22N6O2S/c29-22(30)12-3-4-14-18(8-12)31-21-19(14)20(23-11-24-21)26-16-7-13-10-25-27-15(13)9-17(16)28-5-1-2-6-28/h7,9-12H,1-6,8H2,(H,25,27)(H,29,30)(H,23,24,26). The number of carboxylic acids is 1. The van der Waals surface area contributed by atoms with Crippen molar-refractivity contribution in [2.75, 3.05) is 23.3 Å². The van der Waals surface area contributed by atoms with E-state index in [4.69, 9.17) is 0 Å². The number of H-pyrrole nitrogens is 1. The van der Waals surface area contributed by atoms with Gasteiger partial charge < -0.3 is 15.3 Å². The van der Waals surface area contributed by atoms with Gasteiger partial charge in [-0.05, 0) is 49.8 Å². The molecule has 0 spiro atoms. The second-order valence-corrected chi connectivity index (χ2v) is 9.41. The van der Waals surface area contributed by atoms with Crippen LogP contribution < -0.4 is 10.2 Å². The van der Waals surface area contributed by atoms with E-state index >= 15 is 0 Å². The Morgan fingerprint density at radius 1 is 1.26 bits per heavy atom. The van der Waals surface area contributed by atoms with Crippen LogP contribution in [-0.2, 0) is 17.6 Å². The SMILES string of the molecule is O=C(O)C1CCc2c(sc3ncnc(Nc4cc5cn[nH]c5cc4N4CCCC4)c23)C1. The number of anilines is 3. The third-order valence-electron chi connectivity index (χ3n) is 6.45. The number of carboxylic acid groups (broad SMARTS) is 1. The Bertz CT molecular complexity index is 1310. The maximum absolute atomic E-state index is 11.5. The molecule has 4 aromatic rings. The molecule has 0 radical (unpaired) electrons. The van der Waals surface area contributed by atoms with Gasteiger partial charge in [0.1, 0.15) is 17.0 Å². The fraction of sp³-hybridized carbons (Fsp3) is 0.364. The fourth-order valence-electron chi connectivity index (χ4n) is 4.84. The van der Waals surface area contributed by atoms with Gasteiger partial charge in [0.2, 0.25) is 0 Å². The Balaban J connectivity index is 1.45. The van der Waals surface area contributed by atoms with Crippen molar-refractivity contribution in [3.63, 3.8) is 0 Å². The first-order valence-electron chi connectivity index (χ1n) is 10.6. The van der Waals surface area contributed by atoms with Gasteiger partial charge in [-0.15, -0.1) is 11.3 Å².